The molecule has 0 aliphatic carbocycles. The van der Waals surface area contributed by atoms with E-state index in [0.29, 0.717) is 0 Å². The number of hydrogen-bond donors (Lipinski definition) is 0. The standard InChI is InChI=1S/C14H11NS2.BrH/c1-2-6-11(7-3-1)10-16-14-15-12-8-4-5-9-13(12)17-14;/h1-9H,10H2;1H/p-1. The van der Waals surface area contributed by atoms with Crippen LogP contribution >= 0.6 is 23.1 Å². The Kier molecular flexibility index (Phi) is 4.80. The molecule has 3 aromatic rings. The van der Waals surface area contributed by atoms with Crippen LogP contribution < -0.4 is 17.0 Å². The fourth-order valence-corrected chi connectivity index (χ4v) is 3.66. The summed E-state index contributed by atoms with van der Waals surface area (Å²) in [7, 11) is 0. The lowest BCUT2D eigenvalue weighted by Crippen LogP contribution is -3.00. The van der Waals surface area contributed by atoms with Gasteiger partial charge in [0.25, 0.3) is 0 Å². The number of nitrogens with zero attached hydrogens (tertiary/aromatic N) is 1. The fourth-order valence-electron chi connectivity index (χ4n) is 1.63. The van der Waals surface area contributed by atoms with E-state index in [0.717, 1.165) is 15.6 Å². The Bertz CT molecular complexity index is 589. The van der Waals surface area contributed by atoms with Crippen LogP contribution in [0.4, 0.5) is 0 Å². The predicted octanol–water partition coefficient (Wildman–Crippen LogP) is 1.59. The third-order valence-electron chi connectivity index (χ3n) is 2.48. The first-order valence-electron chi connectivity index (χ1n) is 5.44. The molecule has 4 heteroatoms. The summed E-state index contributed by atoms with van der Waals surface area (Å²) in [6.07, 6.45) is 0. The van der Waals surface area contributed by atoms with Gasteiger partial charge in [0, 0.05) is 5.75 Å². The fraction of sp³-hybridized carbons (Fsp3) is 0.0714. The normalized spacial score (nSPS) is 10.2. The lowest BCUT2D eigenvalue weighted by atomic mass is 10.2. The van der Waals surface area contributed by atoms with Crippen molar-refractivity contribution in [1.29, 1.82) is 0 Å². The molecule has 0 fully saturated rings. The van der Waals surface area contributed by atoms with Gasteiger partial charge in [-0.25, -0.2) is 4.98 Å². The van der Waals surface area contributed by atoms with Crippen molar-refractivity contribution in [3.63, 3.8) is 0 Å². The van der Waals surface area contributed by atoms with Crippen LogP contribution in [-0.2, 0) is 5.75 Å². The van der Waals surface area contributed by atoms with Gasteiger partial charge in [-0.15, -0.1) is 11.3 Å². The lowest BCUT2D eigenvalue weighted by molar-refractivity contribution is -0.00000327. The Morgan fingerprint density at radius 1 is 0.944 bits per heavy atom. The van der Waals surface area contributed by atoms with Crippen molar-refractivity contribution in [2.45, 2.75) is 10.1 Å². The molecule has 0 atom stereocenters. The summed E-state index contributed by atoms with van der Waals surface area (Å²) in [5.74, 6) is 0.987. The molecule has 2 aromatic carbocycles. The maximum absolute atomic E-state index is 4.61. The Morgan fingerprint density at radius 2 is 1.67 bits per heavy atom. The summed E-state index contributed by atoms with van der Waals surface area (Å²) in [5.41, 5.74) is 2.45. The van der Waals surface area contributed by atoms with Crippen LogP contribution in [0.15, 0.2) is 58.9 Å². The van der Waals surface area contributed by atoms with E-state index in [9.17, 15) is 0 Å². The first-order valence-corrected chi connectivity index (χ1v) is 7.24. The Morgan fingerprint density at radius 3 is 2.44 bits per heavy atom. The number of thiazole rings is 1. The topological polar surface area (TPSA) is 12.9 Å². The largest absolute Gasteiger partial charge is 1.00 e. The van der Waals surface area contributed by atoms with Crippen molar-refractivity contribution in [3.8, 4) is 0 Å². The third kappa shape index (κ3) is 3.13. The van der Waals surface area contributed by atoms with Gasteiger partial charge in [-0.05, 0) is 17.7 Å². The van der Waals surface area contributed by atoms with Crippen LogP contribution in [0.5, 0.6) is 0 Å². The van der Waals surface area contributed by atoms with Gasteiger partial charge in [-0.3, -0.25) is 0 Å². The number of rotatable bonds is 3. The maximum atomic E-state index is 4.61. The zero-order valence-electron chi connectivity index (χ0n) is 9.54. The van der Waals surface area contributed by atoms with Gasteiger partial charge in [0.15, 0.2) is 4.34 Å². The molecule has 0 unspecified atom stereocenters. The van der Waals surface area contributed by atoms with E-state index in [1.54, 1.807) is 23.1 Å². The van der Waals surface area contributed by atoms with E-state index < -0.39 is 0 Å². The number of para-hydroxylation sites is 1. The zero-order chi connectivity index (χ0) is 11.5. The highest BCUT2D eigenvalue weighted by atomic mass is 79.9. The molecule has 1 heterocycles. The third-order valence-corrected chi connectivity index (χ3v) is 4.73. The molecule has 0 aliphatic rings. The number of halogens is 1. The molecule has 0 amide bonds. The minimum absolute atomic E-state index is 0. The van der Waals surface area contributed by atoms with E-state index in [1.165, 1.54) is 10.3 Å². The highest BCUT2D eigenvalue weighted by Crippen LogP contribution is 2.31. The van der Waals surface area contributed by atoms with E-state index in [4.69, 9.17) is 0 Å². The molecule has 1 nitrogen and oxygen atoms in total. The van der Waals surface area contributed by atoms with Gasteiger partial charge in [0.1, 0.15) is 0 Å². The quantitative estimate of drug-likeness (QED) is 0.674. The van der Waals surface area contributed by atoms with Crippen LogP contribution in [0.2, 0.25) is 0 Å². The van der Waals surface area contributed by atoms with Crippen LogP contribution in [0, 0.1) is 0 Å². The number of benzene rings is 2. The van der Waals surface area contributed by atoms with Gasteiger partial charge in [0.05, 0.1) is 10.2 Å². The zero-order valence-corrected chi connectivity index (χ0v) is 12.8. The molecule has 92 valence electrons. The Balaban J connectivity index is 0.00000120. The highest BCUT2D eigenvalue weighted by molar-refractivity contribution is 8.00. The number of fused-ring (bicyclic) bond motifs is 1. The molecule has 0 N–H and O–H groups in total. The molecular formula is C14H11BrNS2-. The summed E-state index contributed by atoms with van der Waals surface area (Å²) in [6, 6.07) is 18.8. The smallest absolute Gasteiger partial charge is 0.151 e. The molecule has 3 rings (SSSR count). The first-order chi connectivity index (χ1) is 8.42. The Labute approximate surface area is 125 Å². The average Bonchev–Trinajstić information content (AvgIpc) is 2.80. The van der Waals surface area contributed by atoms with Gasteiger partial charge < -0.3 is 17.0 Å². The maximum Gasteiger partial charge on any atom is 0.151 e. The molecule has 0 aliphatic heterocycles. The van der Waals surface area contributed by atoms with E-state index >= 15 is 0 Å². The van der Waals surface area contributed by atoms with Gasteiger partial charge in [0.2, 0.25) is 0 Å². The van der Waals surface area contributed by atoms with Crippen molar-refractivity contribution >= 4 is 33.3 Å². The second-order valence-corrected chi connectivity index (χ2v) is 5.97. The second kappa shape index (κ2) is 6.36. The first kappa shape index (κ1) is 13.6. The SMILES string of the molecule is [Br-].c1ccc(CSc2nc3ccccc3s2)cc1. The summed E-state index contributed by atoms with van der Waals surface area (Å²) in [5, 5.41) is 0. The predicted molar refractivity (Wildman–Crippen MR) is 75.6 cm³/mol. The second-order valence-electron chi connectivity index (χ2n) is 3.72. The van der Waals surface area contributed by atoms with Crippen molar-refractivity contribution in [2.24, 2.45) is 0 Å². The number of aromatic nitrogens is 1. The molecule has 0 saturated heterocycles. The van der Waals surface area contributed by atoms with Gasteiger partial charge in [-0.1, -0.05) is 54.2 Å². The Hall–Kier alpha value is -0.840. The van der Waals surface area contributed by atoms with Crippen LogP contribution in [0.1, 0.15) is 5.56 Å². The summed E-state index contributed by atoms with van der Waals surface area (Å²) >= 11 is 3.58. The van der Waals surface area contributed by atoms with Crippen molar-refractivity contribution < 1.29 is 17.0 Å². The number of thioether (sulfide) groups is 1. The molecule has 0 spiro atoms. The van der Waals surface area contributed by atoms with Gasteiger partial charge in [-0.2, -0.15) is 0 Å². The number of hydrogen-bond acceptors (Lipinski definition) is 3. The van der Waals surface area contributed by atoms with E-state index in [2.05, 4.69) is 47.4 Å². The molecule has 1 aromatic heterocycles. The van der Waals surface area contributed by atoms with Crippen molar-refractivity contribution in [1.82, 2.24) is 4.98 Å². The minimum atomic E-state index is 0. The molecule has 0 bridgehead atoms. The summed E-state index contributed by atoms with van der Waals surface area (Å²) < 4.78 is 2.41. The van der Waals surface area contributed by atoms with Gasteiger partial charge >= 0.3 is 0 Å². The highest BCUT2D eigenvalue weighted by Gasteiger charge is 2.03. The molecule has 0 saturated carbocycles. The van der Waals surface area contributed by atoms with Crippen LogP contribution in [0.25, 0.3) is 10.2 Å². The minimum Gasteiger partial charge on any atom is -1.00 e. The molecule has 0 radical (unpaired) electrons. The van der Waals surface area contributed by atoms with E-state index in [-0.39, 0.29) is 17.0 Å². The van der Waals surface area contributed by atoms with Crippen molar-refractivity contribution in [3.05, 3.63) is 60.2 Å². The summed E-state index contributed by atoms with van der Waals surface area (Å²) in [4.78, 5) is 4.61. The monoisotopic (exact) mass is 336 g/mol. The molecule has 18 heavy (non-hydrogen) atoms. The van der Waals surface area contributed by atoms with Crippen molar-refractivity contribution in [2.75, 3.05) is 0 Å². The van der Waals surface area contributed by atoms with Crippen LogP contribution in [0.3, 0.4) is 0 Å². The average molecular weight is 337 g/mol. The summed E-state index contributed by atoms with van der Waals surface area (Å²) in [6.45, 7) is 0. The van der Waals surface area contributed by atoms with Crippen LogP contribution in [-0.4, -0.2) is 4.98 Å². The van der Waals surface area contributed by atoms with E-state index in [1.807, 2.05) is 12.1 Å². The lowest BCUT2D eigenvalue weighted by Gasteiger charge is -1.97. The molecular weight excluding hydrogens is 326 g/mol.